The zero-order valence-corrected chi connectivity index (χ0v) is 16.8. The summed E-state index contributed by atoms with van der Waals surface area (Å²) in [7, 11) is 7.95. The third-order valence-electron chi connectivity index (χ3n) is 3.63. The molecular weight excluding hydrogens is 374 g/mol. The Balaban J connectivity index is -0.000000125. The Hall–Kier alpha value is 0.920. The molecule has 0 unspecified atom stereocenters. The van der Waals surface area contributed by atoms with Crippen molar-refractivity contribution in [1.82, 2.24) is 20.4 Å². The van der Waals surface area contributed by atoms with Crippen LogP contribution in [0, 0.1) is 0 Å². The third-order valence-corrected chi connectivity index (χ3v) is 3.63. The van der Waals surface area contributed by atoms with Crippen molar-refractivity contribution >= 4 is 49.6 Å². The highest BCUT2D eigenvalue weighted by Gasteiger charge is 2.26. The van der Waals surface area contributed by atoms with Crippen LogP contribution in [0.15, 0.2) is 0 Å². The van der Waals surface area contributed by atoms with Gasteiger partial charge in [0.15, 0.2) is 0 Å². The maximum Gasteiger partial charge on any atom is 0.0831 e. The molecule has 0 aromatic heterocycles. The molecule has 2 aliphatic rings. The number of nitrogens with one attached hydrogen (secondary N) is 2. The van der Waals surface area contributed by atoms with E-state index in [0.29, 0.717) is 12.1 Å². The first kappa shape index (κ1) is 30.8. The van der Waals surface area contributed by atoms with E-state index in [2.05, 4.69) is 10.6 Å². The maximum absolute atomic E-state index is 9.26. The van der Waals surface area contributed by atoms with Crippen LogP contribution in [0.2, 0.25) is 0 Å². The van der Waals surface area contributed by atoms with Gasteiger partial charge in [0.2, 0.25) is 0 Å². The summed E-state index contributed by atoms with van der Waals surface area (Å²) < 4.78 is 0. The van der Waals surface area contributed by atoms with Gasteiger partial charge in [0.25, 0.3) is 0 Å². The number of halogens is 4. The largest absolute Gasteiger partial charge is 0.390 e. The molecule has 0 amide bonds. The molecule has 2 rings (SSSR count). The van der Waals surface area contributed by atoms with Crippen molar-refractivity contribution in [2.24, 2.45) is 0 Å². The van der Waals surface area contributed by atoms with Crippen molar-refractivity contribution in [3.63, 3.8) is 0 Å². The SMILES string of the molecule is CN(C)[C@@H]1CNC[C@H]1O.CN(C)[C@H]1CNC[C@@H]1O.Cl.Cl.Cl.Cl. The Kier molecular flexibility index (Phi) is 21.6. The van der Waals surface area contributed by atoms with E-state index < -0.39 is 0 Å². The number of β-amino-alcohol motifs (C(OH)–C–C–N with tert-alkyl or cyclic N) is 2. The van der Waals surface area contributed by atoms with Crippen molar-refractivity contribution in [3.05, 3.63) is 0 Å². The lowest BCUT2D eigenvalue weighted by atomic mass is 10.2. The highest BCUT2D eigenvalue weighted by Crippen LogP contribution is 2.04. The van der Waals surface area contributed by atoms with Gasteiger partial charge >= 0.3 is 0 Å². The average Bonchev–Trinajstić information content (AvgIpc) is 2.87. The first-order chi connectivity index (χ1) is 8.43. The van der Waals surface area contributed by atoms with Gasteiger partial charge in [0.1, 0.15) is 0 Å². The predicted molar refractivity (Wildman–Crippen MR) is 102 cm³/mol. The third kappa shape index (κ3) is 9.93. The van der Waals surface area contributed by atoms with Gasteiger partial charge in [-0.25, -0.2) is 0 Å². The van der Waals surface area contributed by atoms with E-state index in [1.54, 1.807) is 0 Å². The topological polar surface area (TPSA) is 71.0 Å². The molecule has 4 atom stereocenters. The Morgan fingerprint density at radius 2 is 0.909 bits per heavy atom. The van der Waals surface area contributed by atoms with Crippen LogP contribution in [0.3, 0.4) is 0 Å². The van der Waals surface area contributed by atoms with E-state index in [4.69, 9.17) is 0 Å². The lowest BCUT2D eigenvalue weighted by Crippen LogP contribution is -2.37. The molecular formula is C12H32Cl4N4O2. The molecule has 2 aliphatic heterocycles. The van der Waals surface area contributed by atoms with Gasteiger partial charge in [-0.2, -0.15) is 0 Å². The van der Waals surface area contributed by atoms with Crippen molar-refractivity contribution < 1.29 is 10.2 Å². The number of nitrogens with zero attached hydrogens (tertiary/aromatic N) is 2. The monoisotopic (exact) mass is 404 g/mol. The normalized spacial score (nSPS) is 29.5. The quantitative estimate of drug-likeness (QED) is 0.494. The van der Waals surface area contributed by atoms with Gasteiger partial charge in [0, 0.05) is 38.3 Å². The smallest absolute Gasteiger partial charge is 0.0831 e. The molecule has 2 fully saturated rings. The number of likely N-dealkylation sites (N-methyl/N-ethyl adjacent to an activating group) is 2. The zero-order valence-electron chi connectivity index (χ0n) is 13.6. The number of hydrogen-bond donors (Lipinski definition) is 4. The van der Waals surface area contributed by atoms with Gasteiger partial charge in [0.05, 0.1) is 12.2 Å². The van der Waals surface area contributed by atoms with Crippen LogP contribution in [-0.2, 0) is 0 Å². The highest BCUT2D eigenvalue weighted by atomic mass is 35.5. The minimum absolute atomic E-state index is 0. The highest BCUT2D eigenvalue weighted by molar-refractivity contribution is 5.86. The molecule has 6 nitrogen and oxygen atoms in total. The molecule has 0 aliphatic carbocycles. The maximum atomic E-state index is 9.26. The molecule has 0 aromatic rings. The van der Waals surface area contributed by atoms with Crippen LogP contribution in [-0.4, -0.2) is 98.7 Å². The minimum atomic E-state index is -0.181. The van der Waals surface area contributed by atoms with Gasteiger partial charge in [-0.15, -0.1) is 49.6 Å². The Bertz CT molecular complexity index is 229. The fourth-order valence-corrected chi connectivity index (χ4v) is 2.36. The number of aliphatic hydroxyl groups is 2. The molecule has 22 heavy (non-hydrogen) atoms. The van der Waals surface area contributed by atoms with Gasteiger partial charge in [-0.1, -0.05) is 0 Å². The van der Waals surface area contributed by atoms with Crippen molar-refractivity contribution in [2.45, 2.75) is 24.3 Å². The van der Waals surface area contributed by atoms with Gasteiger partial charge < -0.3 is 30.6 Å². The second-order valence-corrected chi connectivity index (χ2v) is 5.51. The Labute approximate surface area is 159 Å². The molecule has 0 aromatic carbocycles. The van der Waals surface area contributed by atoms with E-state index in [-0.39, 0.29) is 61.8 Å². The van der Waals surface area contributed by atoms with Crippen LogP contribution < -0.4 is 10.6 Å². The fraction of sp³-hybridized carbons (Fsp3) is 1.00. The number of hydrogen-bond acceptors (Lipinski definition) is 6. The molecule has 4 N–H and O–H groups in total. The Morgan fingerprint density at radius 3 is 1.00 bits per heavy atom. The molecule has 10 heteroatoms. The van der Waals surface area contributed by atoms with Crippen LogP contribution in [0.25, 0.3) is 0 Å². The van der Waals surface area contributed by atoms with Gasteiger partial charge in [-0.05, 0) is 28.2 Å². The minimum Gasteiger partial charge on any atom is -0.390 e. The molecule has 0 radical (unpaired) electrons. The zero-order chi connectivity index (χ0) is 13.7. The molecule has 140 valence electrons. The van der Waals surface area contributed by atoms with Crippen molar-refractivity contribution in [2.75, 3.05) is 54.4 Å². The van der Waals surface area contributed by atoms with E-state index in [0.717, 1.165) is 26.2 Å². The second-order valence-electron chi connectivity index (χ2n) is 5.51. The summed E-state index contributed by atoms with van der Waals surface area (Å²) >= 11 is 0. The van der Waals surface area contributed by atoms with E-state index in [1.807, 2.05) is 38.0 Å². The predicted octanol–water partition coefficient (Wildman–Crippen LogP) is -0.551. The van der Waals surface area contributed by atoms with Crippen LogP contribution >= 0.6 is 49.6 Å². The summed E-state index contributed by atoms with van der Waals surface area (Å²) in [5, 5.41) is 24.7. The van der Waals surface area contributed by atoms with Crippen LogP contribution in [0.5, 0.6) is 0 Å². The summed E-state index contributed by atoms with van der Waals surface area (Å²) in [6.45, 7) is 3.30. The number of rotatable bonds is 2. The first-order valence-corrected chi connectivity index (χ1v) is 6.54. The summed E-state index contributed by atoms with van der Waals surface area (Å²) in [6.07, 6.45) is -0.361. The van der Waals surface area contributed by atoms with E-state index in [9.17, 15) is 10.2 Å². The summed E-state index contributed by atoms with van der Waals surface area (Å²) in [5.74, 6) is 0. The average molecular weight is 406 g/mol. The van der Waals surface area contributed by atoms with Crippen LogP contribution in [0.4, 0.5) is 0 Å². The van der Waals surface area contributed by atoms with Crippen LogP contribution in [0.1, 0.15) is 0 Å². The van der Waals surface area contributed by atoms with Crippen molar-refractivity contribution in [1.29, 1.82) is 0 Å². The van der Waals surface area contributed by atoms with Gasteiger partial charge in [-0.3, -0.25) is 0 Å². The Morgan fingerprint density at radius 1 is 0.636 bits per heavy atom. The fourth-order valence-electron chi connectivity index (χ4n) is 2.36. The summed E-state index contributed by atoms with van der Waals surface area (Å²) in [6, 6.07) is 0.620. The molecule has 0 saturated carbocycles. The number of aliphatic hydroxyl groups excluding tert-OH is 2. The first-order valence-electron chi connectivity index (χ1n) is 6.54. The standard InChI is InChI=1S/2C6H14N2O.4ClH/c2*1-8(2)5-3-7-4-6(5)9;;;;/h2*5-7,9H,3-4H2,1-2H3;4*1H/t2*5-,6-;;;;/m10..../s1. The lowest BCUT2D eigenvalue weighted by molar-refractivity contribution is 0.114. The summed E-state index contributed by atoms with van der Waals surface area (Å²) in [4.78, 5) is 4.09. The lowest BCUT2D eigenvalue weighted by Gasteiger charge is -2.20. The summed E-state index contributed by atoms with van der Waals surface area (Å²) in [5.41, 5.74) is 0. The molecule has 0 spiro atoms. The second kappa shape index (κ2) is 15.4. The molecule has 2 heterocycles. The van der Waals surface area contributed by atoms with E-state index in [1.165, 1.54) is 0 Å². The molecule has 2 saturated heterocycles. The molecule has 0 bridgehead atoms. The van der Waals surface area contributed by atoms with Crippen molar-refractivity contribution in [3.8, 4) is 0 Å². The van der Waals surface area contributed by atoms with E-state index >= 15 is 0 Å².